The number of carbonyl (C=O) groups is 1. The minimum absolute atomic E-state index is 0.349. The molecule has 0 saturated carbocycles. The van der Waals surface area contributed by atoms with Crippen molar-refractivity contribution < 1.29 is 4.79 Å². The molecule has 0 aliphatic rings. The minimum Gasteiger partial charge on any atom is -0.285 e. The molecule has 0 bridgehead atoms. The molecule has 3 N–H and O–H groups in total. The Balaban J connectivity index is 2.79. The van der Waals surface area contributed by atoms with E-state index >= 15 is 0 Å². The van der Waals surface area contributed by atoms with Gasteiger partial charge < -0.3 is 0 Å². The standard InChI is InChI=1S/C7H6Cl2N2OS/c8-5-2-1-4(3-6(5)9)13-7(12)11-10/h1-3H,10H2,(H,11,12). The number of rotatable bonds is 1. The van der Waals surface area contributed by atoms with E-state index in [0.29, 0.717) is 14.9 Å². The molecule has 1 rings (SSSR count). The number of benzene rings is 1. The number of hydrogen-bond donors (Lipinski definition) is 2. The van der Waals surface area contributed by atoms with Crippen LogP contribution in [0.25, 0.3) is 0 Å². The van der Waals surface area contributed by atoms with E-state index in [0.717, 1.165) is 11.8 Å². The van der Waals surface area contributed by atoms with E-state index < -0.39 is 0 Å². The summed E-state index contributed by atoms with van der Waals surface area (Å²) in [4.78, 5) is 11.5. The summed E-state index contributed by atoms with van der Waals surface area (Å²) in [5.41, 5.74) is 2.00. The zero-order chi connectivity index (χ0) is 9.84. The van der Waals surface area contributed by atoms with Gasteiger partial charge in [0.15, 0.2) is 0 Å². The molecular weight excluding hydrogens is 231 g/mol. The van der Waals surface area contributed by atoms with Gasteiger partial charge in [-0.2, -0.15) is 0 Å². The van der Waals surface area contributed by atoms with Crippen molar-refractivity contribution in [2.75, 3.05) is 0 Å². The fraction of sp³-hybridized carbons (Fsp3) is 0. The summed E-state index contributed by atoms with van der Waals surface area (Å²) in [5, 5.41) is 0.522. The molecule has 0 atom stereocenters. The predicted octanol–water partition coefficient (Wildman–Crippen LogP) is 2.67. The normalized spacial score (nSPS) is 9.77. The molecule has 3 nitrogen and oxygen atoms in total. The molecule has 0 heterocycles. The maximum Gasteiger partial charge on any atom is 0.297 e. The first-order chi connectivity index (χ1) is 6.13. The Morgan fingerprint density at radius 2 is 2.08 bits per heavy atom. The lowest BCUT2D eigenvalue weighted by Crippen LogP contribution is -2.25. The number of hydrazine groups is 1. The molecule has 13 heavy (non-hydrogen) atoms. The van der Waals surface area contributed by atoms with Gasteiger partial charge in [0.2, 0.25) is 0 Å². The molecule has 0 spiro atoms. The predicted molar refractivity (Wildman–Crippen MR) is 55.0 cm³/mol. The lowest BCUT2D eigenvalue weighted by atomic mass is 10.4. The lowest BCUT2D eigenvalue weighted by Gasteiger charge is -2.00. The highest BCUT2D eigenvalue weighted by Crippen LogP contribution is 2.27. The fourth-order valence-electron chi connectivity index (χ4n) is 0.677. The Kier molecular flexibility index (Phi) is 3.87. The van der Waals surface area contributed by atoms with Gasteiger partial charge >= 0.3 is 0 Å². The van der Waals surface area contributed by atoms with Gasteiger partial charge in [-0.15, -0.1) is 0 Å². The average Bonchev–Trinajstić information content (AvgIpc) is 2.11. The molecule has 0 aliphatic carbocycles. The first kappa shape index (κ1) is 10.7. The second kappa shape index (κ2) is 4.72. The van der Waals surface area contributed by atoms with E-state index in [1.54, 1.807) is 18.2 Å². The third-order valence-corrected chi connectivity index (χ3v) is 2.75. The smallest absolute Gasteiger partial charge is 0.285 e. The van der Waals surface area contributed by atoms with E-state index in [4.69, 9.17) is 29.0 Å². The van der Waals surface area contributed by atoms with Crippen molar-refractivity contribution in [2.24, 2.45) is 5.84 Å². The van der Waals surface area contributed by atoms with Crippen molar-refractivity contribution in [1.29, 1.82) is 0 Å². The van der Waals surface area contributed by atoms with Crippen molar-refractivity contribution in [3.63, 3.8) is 0 Å². The highest BCUT2D eigenvalue weighted by molar-refractivity contribution is 8.13. The van der Waals surface area contributed by atoms with Gasteiger partial charge in [-0.3, -0.25) is 10.2 Å². The van der Waals surface area contributed by atoms with E-state index in [1.807, 2.05) is 5.43 Å². The van der Waals surface area contributed by atoms with Crippen molar-refractivity contribution in [1.82, 2.24) is 5.43 Å². The number of thioether (sulfide) groups is 1. The molecule has 1 amide bonds. The highest BCUT2D eigenvalue weighted by atomic mass is 35.5. The van der Waals surface area contributed by atoms with Gasteiger partial charge in [-0.25, -0.2) is 5.84 Å². The fourth-order valence-corrected chi connectivity index (χ4v) is 1.63. The van der Waals surface area contributed by atoms with Crippen molar-refractivity contribution in [3.8, 4) is 0 Å². The maximum atomic E-state index is 10.8. The third kappa shape index (κ3) is 3.08. The molecule has 0 fully saturated rings. The Morgan fingerprint density at radius 3 is 2.62 bits per heavy atom. The quantitative estimate of drug-likeness (QED) is 0.341. The topological polar surface area (TPSA) is 55.1 Å². The van der Waals surface area contributed by atoms with Crippen LogP contribution in [0.15, 0.2) is 23.1 Å². The Morgan fingerprint density at radius 1 is 1.38 bits per heavy atom. The Bertz CT molecular complexity index is 332. The maximum absolute atomic E-state index is 10.8. The monoisotopic (exact) mass is 236 g/mol. The summed E-state index contributed by atoms with van der Waals surface area (Å²) in [6.07, 6.45) is 0. The van der Waals surface area contributed by atoms with Crippen LogP contribution in [0.2, 0.25) is 10.0 Å². The molecule has 0 aliphatic heterocycles. The zero-order valence-electron chi connectivity index (χ0n) is 6.38. The van der Waals surface area contributed by atoms with Gasteiger partial charge in [0, 0.05) is 4.90 Å². The number of nitrogens with two attached hydrogens (primary N) is 1. The Labute approximate surface area is 89.5 Å². The van der Waals surface area contributed by atoms with Crippen LogP contribution < -0.4 is 11.3 Å². The van der Waals surface area contributed by atoms with Crippen LogP contribution in [0.5, 0.6) is 0 Å². The number of nitrogens with one attached hydrogen (secondary N) is 1. The van der Waals surface area contributed by atoms with Crippen molar-refractivity contribution in [2.45, 2.75) is 4.90 Å². The molecule has 0 saturated heterocycles. The van der Waals surface area contributed by atoms with Crippen LogP contribution >= 0.6 is 35.0 Å². The van der Waals surface area contributed by atoms with Gasteiger partial charge in [-0.05, 0) is 30.0 Å². The molecule has 1 aromatic rings. The number of amides is 1. The average molecular weight is 237 g/mol. The second-order valence-electron chi connectivity index (χ2n) is 2.11. The SMILES string of the molecule is NNC(=O)Sc1ccc(Cl)c(Cl)c1. The molecular formula is C7H6Cl2N2OS. The van der Waals surface area contributed by atoms with Crippen LogP contribution in [0.1, 0.15) is 0 Å². The summed E-state index contributed by atoms with van der Waals surface area (Å²) < 4.78 is 0. The summed E-state index contributed by atoms with van der Waals surface area (Å²) in [6.45, 7) is 0. The van der Waals surface area contributed by atoms with Crippen LogP contribution in [0.3, 0.4) is 0 Å². The van der Waals surface area contributed by atoms with Gasteiger partial charge in [0.25, 0.3) is 5.24 Å². The van der Waals surface area contributed by atoms with Crippen molar-refractivity contribution >= 4 is 40.2 Å². The summed E-state index contributed by atoms with van der Waals surface area (Å²) >= 11 is 12.4. The minimum atomic E-state index is -0.349. The summed E-state index contributed by atoms with van der Waals surface area (Å²) in [6, 6.07) is 4.91. The summed E-state index contributed by atoms with van der Waals surface area (Å²) in [5.74, 6) is 4.91. The van der Waals surface area contributed by atoms with Crippen LogP contribution in [-0.2, 0) is 0 Å². The first-order valence-electron chi connectivity index (χ1n) is 3.27. The van der Waals surface area contributed by atoms with E-state index in [2.05, 4.69) is 0 Å². The van der Waals surface area contributed by atoms with E-state index in [9.17, 15) is 4.79 Å². The molecule has 0 unspecified atom stereocenters. The molecule has 6 heteroatoms. The van der Waals surface area contributed by atoms with Gasteiger partial charge in [0.05, 0.1) is 10.0 Å². The molecule has 70 valence electrons. The van der Waals surface area contributed by atoms with E-state index in [1.165, 1.54) is 0 Å². The number of hydrogen-bond acceptors (Lipinski definition) is 3. The second-order valence-corrected chi connectivity index (χ2v) is 3.97. The highest BCUT2D eigenvalue weighted by Gasteiger charge is 2.04. The summed E-state index contributed by atoms with van der Waals surface area (Å²) in [7, 11) is 0. The molecule has 1 aromatic carbocycles. The van der Waals surface area contributed by atoms with Crippen LogP contribution in [0, 0.1) is 0 Å². The van der Waals surface area contributed by atoms with Gasteiger partial charge in [0.1, 0.15) is 0 Å². The number of carbonyl (C=O) groups excluding carboxylic acids is 1. The molecule has 0 radical (unpaired) electrons. The lowest BCUT2D eigenvalue weighted by molar-refractivity contribution is 0.261. The zero-order valence-corrected chi connectivity index (χ0v) is 8.71. The van der Waals surface area contributed by atoms with Crippen LogP contribution in [0.4, 0.5) is 4.79 Å². The van der Waals surface area contributed by atoms with Crippen LogP contribution in [-0.4, -0.2) is 5.24 Å². The van der Waals surface area contributed by atoms with Gasteiger partial charge in [-0.1, -0.05) is 23.2 Å². The van der Waals surface area contributed by atoms with E-state index in [-0.39, 0.29) is 5.24 Å². The first-order valence-corrected chi connectivity index (χ1v) is 4.84. The van der Waals surface area contributed by atoms with Crippen molar-refractivity contribution in [3.05, 3.63) is 28.2 Å². The number of halogens is 2. The third-order valence-electron chi connectivity index (χ3n) is 1.22. The Hall–Kier alpha value is -0.420. The molecule has 0 aromatic heterocycles. The largest absolute Gasteiger partial charge is 0.297 e.